The molecule has 0 bridgehead atoms. The number of fused-ring (bicyclic) bond motifs is 1. The summed E-state index contributed by atoms with van der Waals surface area (Å²) in [5.74, 6) is 1.23. The summed E-state index contributed by atoms with van der Waals surface area (Å²) in [6.45, 7) is 9.06. The van der Waals surface area contributed by atoms with E-state index in [1.54, 1.807) is 13.0 Å². The van der Waals surface area contributed by atoms with Crippen LogP contribution in [0.1, 0.15) is 53.7 Å². The molecule has 0 spiro atoms. The predicted molar refractivity (Wildman–Crippen MR) is 138 cm³/mol. The molecule has 3 atom stereocenters. The van der Waals surface area contributed by atoms with E-state index in [1.165, 1.54) is 5.56 Å². The highest BCUT2D eigenvalue weighted by Crippen LogP contribution is 2.23. The minimum atomic E-state index is -0.280. The fourth-order valence-electron chi connectivity index (χ4n) is 3.83. The monoisotopic (exact) mass is 513 g/mol. The number of hydrogen-bond acceptors (Lipinski definition) is 11. The molecule has 0 radical (unpaired) electrons. The second-order valence-corrected chi connectivity index (χ2v) is 8.30. The molecule has 3 aromatic rings. The van der Waals surface area contributed by atoms with Gasteiger partial charge in [-0.3, -0.25) is 4.79 Å². The number of aliphatic hydroxyl groups is 1. The number of ether oxygens (including phenoxy) is 2. The summed E-state index contributed by atoms with van der Waals surface area (Å²) in [4.78, 5) is 28.8. The van der Waals surface area contributed by atoms with Crippen LogP contribution < -0.4 is 5.32 Å². The quantitative estimate of drug-likeness (QED) is 0.473. The first kappa shape index (κ1) is 28.3. The molecular formula is C26H35N5O6. The molecule has 4 heterocycles. The van der Waals surface area contributed by atoms with Crippen molar-refractivity contribution in [1.29, 1.82) is 0 Å². The van der Waals surface area contributed by atoms with Gasteiger partial charge in [0.2, 0.25) is 0 Å². The maximum atomic E-state index is 10.9. The van der Waals surface area contributed by atoms with Gasteiger partial charge in [-0.2, -0.15) is 0 Å². The summed E-state index contributed by atoms with van der Waals surface area (Å²) in [7, 11) is 1.93. The molecule has 0 saturated carbocycles. The Morgan fingerprint density at radius 3 is 2.57 bits per heavy atom. The second-order valence-electron chi connectivity index (χ2n) is 8.30. The van der Waals surface area contributed by atoms with Crippen molar-refractivity contribution in [3.05, 3.63) is 52.9 Å². The fourth-order valence-corrected chi connectivity index (χ4v) is 3.83. The van der Waals surface area contributed by atoms with Crippen molar-refractivity contribution >= 4 is 23.1 Å². The van der Waals surface area contributed by atoms with Crippen LogP contribution in [0.5, 0.6) is 0 Å². The highest BCUT2D eigenvalue weighted by atomic mass is 16.7. The third-order valence-electron chi connectivity index (χ3n) is 5.52. The van der Waals surface area contributed by atoms with Gasteiger partial charge in [0.25, 0.3) is 0 Å². The van der Waals surface area contributed by atoms with Crippen molar-refractivity contribution in [3.8, 4) is 0 Å². The number of aliphatic hydroxyl groups excluding tert-OH is 1. The smallest absolute Gasteiger partial charge is 0.192 e. The lowest BCUT2D eigenvalue weighted by atomic mass is 10.0. The van der Waals surface area contributed by atoms with Gasteiger partial charge in [-0.1, -0.05) is 25.1 Å². The average molecular weight is 514 g/mol. The first-order chi connectivity index (χ1) is 18.0. The number of rotatable bonds is 6. The first-order valence-electron chi connectivity index (χ1n) is 12.4. The molecule has 5 rings (SSSR count). The van der Waals surface area contributed by atoms with E-state index in [1.807, 2.05) is 46.0 Å². The Morgan fingerprint density at radius 1 is 1.08 bits per heavy atom. The molecule has 37 heavy (non-hydrogen) atoms. The number of aromatic nitrogens is 3. The van der Waals surface area contributed by atoms with Gasteiger partial charge < -0.3 is 29.2 Å². The van der Waals surface area contributed by atoms with E-state index in [9.17, 15) is 4.79 Å². The molecule has 1 fully saturated rings. The van der Waals surface area contributed by atoms with Gasteiger partial charge in [0.05, 0.1) is 25.5 Å². The van der Waals surface area contributed by atoms with E-state index in [0.717, 1.165) is 23.5 Å². The number of nitrogens with one attached hydrogen (secondary N) is 1. The van der Waals surface area contributed by atoms with Crippen LogP contribution in [-0.4, -0.2) is 77.2 Å². The molecule has 2 aliphatic heterocycles. The molecule has 2 N–H and O–H groups in total. The standard InChI is InChI=1S/C14H17N3O5.C10H12N2O.C2H6/c1-8-15-9(4-18)2-11(16-8)12-3-13(22-17-12)14-7-20-10(5-19)6-21-14;1-7-12-9-5-8(6-11-2)3-4-10(9)13-7;1-2/h2,4,10,13-14,19H,3,5-7H2,1H3;3-5,11H,6H2,1-2H3;1-2H3. The Hall–Kier alpha value is -3.25. The highest BCUT2D eigenvalue weighted by molar-refractivity contribution is 6.00. The Bertz CT molecular complexity index is 1190. The lowest BCUT2D eigenvalue weighted by Gasteiger charge is -2.30. The average Bonchev–Trinajstić information content (AvgIpc) is 3.56. The molecule has 200 valence electrons. The van der Waals surface area contributed by atoms with Gasteiger partial charge in [0.1, 0.15) is 35.0 Å². The summed E-state index contributed by atoms with van der Waals surface area (Å²) < 4.78 is 16.5. The maximum absolute atomic E-state index is 10.9. The summed E-state index contributed by atoms with van der Waals surface area (Å²) in [5.41, 5.74) is 4.58. The first-order valence-corrected chi connectivity index (χ1v) is 12.4. The molecule has 2 aliphatic rings. The molecule has 1 aromatic carbocycles. The zero-order chi connectivity index (χ0) is 26.8. The van der Waals surface area contributed by atoms with E-state index in [-0.39, 0.29) is 24.9 Å². The van der Waals surface area contributed by atoms with Gasteiger partial charge in [-0.15, -0.1) is 0 Å². The molecule has 0 aliphatic carbocycles. The Morgan fingerprint density at radius 2 is 1.89 bits per heavy atom. The van der Waals surface area contributed by atoms with Crippen molar-refractivity contribution < 1.29 is 28.6 Å². The van der Waals surface area contributed by atoms with Crippen LogP contribution >= 0.6 is 0 Å². The topological polar surface area (TPSA) is 141 Å². The molecule has 11 heteroatoms. The molecule has 11 nitrogen and oxygen atoms in total. The zero-order valence-electron chi connectivity index (χ0n) is 21.9. The van der Waals surface area contributed by atoms with Crippen molar-refractivity contribution in [2.75, 3.05) is 26.9 Å². The van der Waals surface area contributed by atoms with Gasteiger partial charge in [-0.05, 0) is 37.7 Å². The Labute approximate surface area is 216 Å². The van der Waals surface area contributed by atoms with Gasteiger partial charge in [0.15, 0.2) is 23.9 Å². The number of nitrogens with zero attached hydrogens (tertiary/aromatic N) is 4. The van der Waals surface area contributed by atoms with E-state index in [0.29, 0.717) is 48.8 Å². The Balaban J connectivity index is 0.000000216. The van der Waals surface area contributed by atoms with Crippen LogP contribution in [0.3, 0.4) is 0 Å². The summed E-state index contributed by atoms with van der Waals surface area (Å²) in [6.07, 6.45) is 0.422. The minimum absolute atomic E-state index is 0.0608. The second kappa shape index (κ2) is 13.9. The van der Waals surface area contributed by atoms with Crippen LogP contribution in [0.4, 0.5) is 0 Å². The minimum Gasteiger partial charge on any atom is -0.441 e. The van der Waals surface area contributed by atoms with E-state index >= 15 is 0 Å². The van der Waals surface area contributed by atoms with Crippen molar-refractivity contribution in [2.45, 2.75) is 59.0 Å². The third kappa shape index (κ3) is 7.62. The lowest BCUT2D eigenvalue weighted by Crippen LogP contribution is -2.43. The molecular weight excluding hydrogens is 478 g/mol. The number of carbonyl (C=O) groups is 1. The largest absolute Gasteiger partial charge is 0.441 e. The van der Waals surface area contributed by atoms with Crippen molar-refractivity contribution in [3.63, 3.8) is 0 Å². The SMILES string of the molecule is CC.CNCc1ccc2oc(C)nc2c1.Cc1nc(C=O)cc(C2=NOC(C3COC(CO)CO3)C2)n1. The van der Waals surface area contributed by atoms with E-state index in [2.05, 4.69) is 25.4 Å². The predicted octanol–water partition coefficient (Wildman–Crippen LogP) is 2.75. The van der Waals surface area contributed by atoms with Crippen LogP contribution in [-0.2, 0) is 20.9 Å². The number of benzene rings is 1. The number of carbonyl (C=O) groups excluding carboxylic acids is 1. The summed E-state index contributed by atoms with van der Waals surface area (Å²) >= 11 is 0. The molecule has 3 unspecified atom stereocenters. The van der Waals surface area contributed by atoms with Gasteiger partial charge in [-0.25, -0.2) is 15.0 Å². The number of oxime groups is 1. The van der Waals surface area contributed by atoms with Crippen molar-refractivity contribution in [1.82, 2.24) is 20.3 Å². The number of oxazole rings is 1. The van der Waals surface area contributed by atoms with Crippen LogP contribution in [0.15, 0.2) is 33.8 Å². The zero-order valence-corrected chi connectivity index (χ0v) is 21.9. The van der Waals surface area contributed by atoms with E-state index < -0.39 is 0 Å². The third-order valence-corrected chi connectivity index (χ3v) is 5.52. The number of aryl methyl sites for hydroxylation is 2. The summed E-state index contributed by atoms with van der Waals surface area (Å²) in [5, 5.41) is 16.1. The summed E-state index contributed by atoms with van der Waals surface area (Å²) in [6, 6.07) is 7.64. The van der Waals surface area contributed by atoms with Crippen LogP contribution in [0, 0.1) is 13.8 Å². The number of hydrogen-bond donors (Lipinski definition) is 2. The van der Waals surface area contributed by atoms with Crippen LogP contribution in [0.2, 0.25) is 0 Å². The van der Waals surface area contributed by atoms with Crippen molar-refractivity contribution in [2.24, 2.45) is 5.16 Å². The van der Waals surface area contributed by atoms with Gasteiger partial charge >= 0.3 is 0 Å². The Kier molecular flexibility index (Phi) is 10.6. The normalized spacial score (nSPS) is 20.7. The highest BCUT2D eigenvalue weighted by Gasteiger charge is 2.35. The maximum Gasteiger partial charge on any atom is 0.192 e. The van der Waals surface area contributed by atoms with E-state index in [4.69, 9.17) is 23.8 Å². The number of aldehydes is 1. The van der Waals surface area contributed by atoms with Crippen LogP contribution in [0.25, 0.3) is 11.1 Å². The molecule has 2 aromatic heterocycles. The van der Waals surface area contributed by atoms with Gasteiger partial charge in [0, 0.05) is 19.9 Å². The fraction of sp³-hybridized carbons (Fsp3) is 0.500. The lowest BCUT2D eigenvalue weighted by molar-refractivity contribution is -0.178. The molecule has 0 amide bonds. The molecule has 1 saturated heterocycles.